The van der Waals surface area contributed by atoms with E-state index in [1.54, 1.807) is 16.9 Å². The van der Waals surface area contributed by atoms with Crippen molar-refractivity contribution >= 4 is 11.8 Å². The second-order valence-corrected chi connectivity index (χ2v) is 8.00. The second-order valence-electron chi connectivity index (χ2n) is 8.00. The van der Waals surface area contributed by atoms with Crippen LogP contribution >= 0.6 is 0 Å². The first-order valence-corrected chi connectivity index (χ1v) is 10.3. The number of nitrogens with zero attached hydrogens (tertiary/aromatic N) is 2. The molecule has 0 aliphatic heterocycles. The van der Waals surface area contributed by atoms with Crippen LogP contribution in [0.2, 0.25) is 0 Å². The van der Waals surface area contributed by atoms with E-state index in [-0.39, 0.29) is 29.8 Å². The summed E-state index contributed by atoms with van der Waals surface area (Å²) in [6.07, 6.45) is 6.79. The van der Waals surface area contributed by atoms with Gasteiger partial charge in [-0.3, -0.25) is 14.3 Å². The molecule has 2 aliphatic rings. The molecule has 0 radical (unpaired) electrons. The first-order valence-electron chi connectivity index (χ1n) is 10.3. The van der Waals surface area contributed by atoms with E-state index in [0.29, 0.717) is 12.1 Å². The van der Waals surface area contributed by atoms with Gasteiger partial charge in [-0.25, -0.2) is 0 Å². The molecule has 0 spiro atoms. The molecule has 1 aromatic carbocycles. The topological polar surface area (TPSA) is 76.0 Å². The lowest BCUT2D eigenvalue weighted by atomic mass is 10.1. The van der Waals surface area contributed by atoms with Crippen LogP contribution in [0.3, 0.4) is 0 Å². The van der Waals surface area contributed by atoms with Crippen LogP contribution in [0.4, 0.5) is 0 Å². The van der Waals surface area contributed by atoms with Gasteiger partial charge in [-0.05, 0) is 55.7 Å². The van der Waals surface area contributed by atoms with Crippen molar-refractivity contribution in [2.45, 2.75) is 64.1 Å². The van der Waals surface area contributed by atoms with Gasteiger partial charge in [0.1, 0.15) is 5.69 Å². The van der Waals surface area contributed by atoms with E-state index in [2.05, 4.69) is 46.9 Å². The molecule has 2 aromatic rings. The quantitative estimate of drug-likeness (QED) is 0.808. The van der Waals surface area contributed by atoms with Crippen LogP contribution in [0, 0.1) is 5.92 Å². The largest absolute Gasteiger partial charge is 0.352 e. The van der Waals surface area contributed by atoms with Crippen molar-refractivity contribution < 1.29 is 9.59 Å². The number of fused-ring (bicyclic) bond motifs is 1. The lowest BCUT2D eigenvalue weighted by molar-refractivity contribution is -0.125. The summed E-state index contributed by atoms with van der Waals surface area (Å²) in [5.74, 6) is 0.0170. The summed E-state index contributed by atoms with van der Waals surface area (Å²) in [5.41, 5.74) is 3.28. The number of hydrogen-bond acceptors (Lipinski definition) is 3. The van der Waals surface area contributed by atoms with E-state index in [0.717, 1.165) is 38.6 Å². The molecule has 2 aliphatic carbocycles. The zero-order valence-corrected chi connectivity index (χ0v) is 16.4. The van der Waals surface area contributed by atoms with Crippen LogP contribution in [0.15, 0.2) is 36.5 Å². The number of rotatable bonds is 6. The molecule has 2 N–H and O–H groups in total. The highest BCUT2D eigenvalue weighted by Gasteiger charge is 2.33. The van der Waals surface area contributed by atoms with E-state index in [1.165, 1.54) is 11.1 Å². The van der Waals surface area contributed by atoms with E-state index < -0.39 is 0 Å². The highest BCUT2D eigenvalue weighted by Crippen LogP contribution is 2.27. The minimum absolute atomic E-state index is 0.0189. The molecule has 28 heavy (non-hydrogen) atoms. The summed E-state index contributed by atoms with van der Waals surface area (Å²) in [5, 5.41) is 10.5. The normalized spacial score (nSPS) is 21.5. The lowest BCUT2D eigenvalue weighted by Gasteiger charge is -2.17. The molecule has 2 atom stereocenters. The van der Waals surface area contributed by atoms with Crippen molar-refractivity contribution in [3.05, 3.63) is 53.3 Å². The van der Waals surface area contributed by atoms with Gasteiger partial charge in [0.05, 0.1) is 0 Å². The van der Waals surface area contributed by atoms with Gasteiger partial charge in [-0.2, -0.15) is 5.10 Å². The fourth-order valence-corrected chi connectivity index (χ4v) is 4.51. The molecular weight excluding hydrogens is 352 g/mol. The molecule has 1 fully saturated rings. The maximum atomic E-state index is 12.7. The van der Waals surface area contributed by atoms with Crippen LogP contribution in [-0.2, 0) is 24.2 Å². The van der Waals surface area contributed by atoms with Crippen LogP contribution in [0.5, 0.6) is 0 Å². The highest BCUT2D eigenvalue weighted by molar-refractivity contribution is 5.92. The molecule has 148 valence electrons. The summed E-state index contributed by atoms with van der Waals surface area (Å²) in [6, 6.07) is 10.4. The van der Waals surface area contributed by atoms with Crippen LogP contribution in [0.25, 0.3) is 0 Å². The molecule has 0 saturated heterocycles. The molecule has 0 bridgehead atoms. The summed E-state index contributed by atoms with van der Waals surface area (Å²) in [6.45, 7) is 2.79. The SMILES string of the molecule is CCCn1nccc1C(=O)N[C@H]1CC[C@@H](C(=O)NC2Cc3ccccc3C2)C1. The average molecular weight is 380 g/mol. The molecule has 6 nitrogen and oxygen atoms in total. The summed E-state index contributed by atoms with van der Waals surface area (Å²) in [7, 11) is 0. The van der Waals surface area contributed by atoms with Gasteiger partial charge in [0.15, 0.2) is 0 Å². The maximum absolute atomic E-state index is 12.7. The van der Waals surface area contributed by atoms with Crippen LogP contribution in [0.1, 0.15) is 54.2 Å². The fourth-order valence-electron chi connectivity index (χ4n) is 4.51. The maximum Gasteiger partial charge on any atom is 0.269 e. The van der Waals surface area contributed by atoms with Gasteiger partial charge in [-0.15, -0.1) is 0 Å². The number of aryl methyl sites for hydroxylation is 1. The Morgan fingerprint density at radius 1 is 1.07 bits per heavy atom. The molecular formula is C22H28N4O2. The Morgan fingerprint density at radius 3 is 2.54 bits per heavy atom. The third-order valence-electron chi connectivity index (χ3n) is 5.92. The number of benzene rings is 1. The second kappa shape index (κ2) is 8.17. The first-order chi connectivity index (χ1) is 13.6. The van der Waals surface area contributed by atoms with Gasteiger partial charge in [0, 0.05) is 30.7 Å². The van der Waals surface area contributed by atoms with Gasteiger partial charge in [0.25, 0.3) is 5.91 Å². The number of carbonyl (C=O) groups excluding carboxylic acids is 2. The standard InChI is InChI=1S/C22H28N4O2/c1-2-11-26-20(9-10-23-26)22(28)24-18-8-7-17(14-18)21(27)25-19-12-15-5-3-4-6-16(15)13-19/h3-6,9-10,17-19H,2,7-8,11-14H2,1H3,(H,24,28)(H,25,27)/t17-,18+/m1/s1. The Hall–Kier alpha value is -2.63. The van der Waals surface area contributed by atoms with Crippen molar-refractivity contribution in [2.24, 2.45) is 5.92 Å². The molecule has 1 aromatic heterocycles. The van der Waals surface area contributed by atoms with Crippen molar-refractivity contribution in [1.29, 1.82) is 0 Å². The zero-order valence-electron chi connectivity index (χ0n) is 16.4. The summed E-state index contributed by atoms with van der Waals surface area (Å²) >= 11 is 0. The summed E-state index contributed by atoms with van der Waals surface area (Å²) in [4.78, 5) is 25.3. The van der Waals surface area contributed by atoms with E-state index in [1.807, 2.05) is 0 Å². The van der Waals surface area contributed by atoms with Crippen molar-refractivity contribution in [3.8, 4) is 0 Å². The van der Waals surface area contributed by atoms with Crippen molar-refractivity contribution in [3.63, 3.8) is 0 Å². The average Bonchev–Trinajstić information content (AvgIpc) is 3.40. The Bertz CT molecular complexity index is 835. The van der Waals surface area contributed by atoms with E-state index >= 15 is 0 Å². The third kappa shape index (κ3) is 3.96. The Balaban J connectivity index is 1.28. The minimum Gasteiger partial charge on any atom is -0.352 e. The minimum atomic E-state index is -0.0942. The number of hydrogen-bond donors (Lipinski definition) is 2. The summed E-state index contributed by atoms with van der Waals surface area (Å²) < 4.78 is 1.74. The smallest absolute Gasteiger partial charge is 0.269 e. The lowest BCUT2D eigenvalue weighted by Crippen LogP contribution is -2.40. The van der Waals surface area contributed by atoms with Gasteiger partial charge in [0.2, 0.25) is 5.91 Å². The monoisotopic (exact) mass is 380 g/mol. The molecule has 1 heterocycles. The van der Waals surface area contributed by atoms with Gasteiger partial charge < -0.3 is 10.6 Å². The number of aromatic nitrogens is 2. The Labute approximate surface area is 165 Å². The number of carbonyl (C=O) groups is 2. The molecule has 2 amide bonds. The molecule has 1 saturated carbocycles. The number of amides is 2. The first kappa shape index (κ1) is 18.7. The van der Waals surface area contributed by atoms with Gasteiger partial charge >= 0.3 is 0 Å². The van der Waals surface area contributed by atoms with Crippen molar-refractivity contribution in [2.75, 3.05) is 0 Å². The predicted octanol–water partition coefficient (Wildman–Crippen LogP) is 2.48. The zero-order chi connectivity index (χ0) is 19.5. The van der Waals surface area contributed by atoms with E-state index in [9.17, 15) is 9.59 Å². The highest BCUT2D eigenvalue weighted by atomic mass is 16.2. The molecule has 0 unspecified atom stereocenters. The van der Waals surface area contributed by atoms with Gasteiger partial charge in [-0.1, -0.05) is 31.2 Å². The number of nitrogens with one attached hydrogen (secondary N) is 2. The van der Waals surface area contributed by atoms with Crippen LogP contribution < -0.4 is 10.6 Å². The van der Waals surface area contributed by atoms with E-state index in [4.69, 9.17) is 0 Å². The van der Waals surface area contributed by atoms with Crippen molar-refractivity contribution in [1.82, 2.24) is 20.4 Å². The third-order valence-corrected chi connectivity index (χ3v) is 5.92. The Morgan fingerprint density at radius 2 is 1.82 bits per heavy atom. The molecule has 6 heteroatoms. The fraction of sp³-hybridized carbons (Fsp3) is 0.500. The van der Waals surface area contributed by atoms with Crippen LogP contribution in [-0.4, -0.2) is 33.7 Å². The predicted molar refractivity (Wildman–Crippen MR) is 107 cm³/mol. The molecule has 4 rings (SSSR count). The Kier molecular flexibility index (Phi) is 5.46.